The fraction of sp³-hybridized carbons (Fsp3) is 0.0588. The van der Waals surface area contributed by atoms with Gasteiger partial charge in [-0.25, -0.2) is 0 Å². The minimum Gasteiger partial charge on any atom is -0.456 e. The topological polar surface area (TPSA) is 16.4 Å². The van der Waals surface area contributed by atoms with E-state index in [-0.39, 0.29) is 5.41 Å². The van der Waals surface area contributed by atoms with Crippen molar-refractivity contribution in [3.05, 3.63) is 199 Å². The molecule has 8 aromatic carbocycles. The molecule has 0 fully saturated rings. The lowest BCUT2D eigenvalue weighted by molar-refractivity contribution is 0.660. The molecule has 0 amide bonds. The van der Waals surface area contributed by atoms with E-state index in [0.717, 1.165) is 44.6 Å². The Kier molecular flexibility index (Phi) is 7.19. The number of hydrogen-bond acceptors (Lipinski definition) is 2. The van der Waals surface area contributed by atoms with E-state index in [1.54, 1.807) is 0 Å². The number of benzene rings is 8. The molecular weight excluding hydrogens is 643 g/mol. The second-order valence-corrected chi connectivity index (χ2v) is 14.5. The second kappa shape index (κ2) is 12.3. The summed E-state index contributed by atoms with van der Waals surface area (Å²) in [7, 11) is 0. The predicted octanol–water partition coefficient (Wildman–Crippen LogP) is 14.4. The van der Waals surface area contributed by atoms with Crippen molar-refractivity contribution in [1.82, 2.24) is 0 Å². The highest BCUT2D eigenvalue weighted by molar-refractivity contribution is 6.14. The molecule has 0 atom stereocenters. The summed E-state index contributed by atoms with van der Waals surface area (Å²) in [6.07, 6.45) is 0. The SMILES string of the molecule is CC1(C)c2ccccc2-c2c(-c3ccc(-c4ccccc4)cc3)cc(N(c3ccccc3)c3cccc4oc5cc(-c6ccccc6)ccc5c34)cc21. The van der Waals surface area contributed by atoms with Crippen molar-refractivity contribution in [2.24, 2.45) is 0 Å². The molecule has 1 aliphatic carbocycles. The maximum Gasteiger partial charge on any atom is 0.137 e. The summed E-state index contributed by atoms with van der Waals surface area (Å²) in [4.78, 5) is 2.42. The maximum atomic E-state index is 6.64. The Hall–Kier alpha value is -6.64. The molecule has 0 aliphatic heterocycles. The maximum absolute atomic E-state index is 6.64. The van der Waals surface area contributed by atoms with Crippen LogP contribution < -0.4 is 4.90 Å². The molecule has 0 saturated heterocycles. The Morgan fingerprint density at radius 2 is 1.02 bits per heavy atom. The number of nitrogens with zero attached hydrogens (tertiary/aromatic N) is 1. The van der Waals surface area contributed by atoms with Gasteiger partial charge in [-0.1, -0.05) is 153 Å². The van der Waals surface area contributed by atoms with Gasteiger partial charge in [0.25, 0.3) is 0 Å². The van der Waals surface area contributed by atoms with Gasteiger partial charge in [0.05, 0.1) is 11.1 Å². The van der Waals surface area contributed by atoms with E-state index in [9.17, 15) is 0 Å². The summed E-state index contributed by atoms with van der Waals surface area (Å²) in [6, 6.07) is 67.8. The smallest absolute Gasteiger partial charge is 0.137 e. The van der Waals surface area contributed by atoms with Crippen LogP contribution in [0.15, 0.2) is 192 Å². The Labute approximate surface area is 310 Å². The molecule has 0 radical (unpaired) electrons. The molecule has 2 heteroatoms. The highest BCUT2D eigenvalue weighted by Gasteiger charge is 2.38. The van der Waals surface area contributed by atoms with Gasteiger partial charge < -0.3 is 9.32 Å². The van der Waals surface area contributed by atoms with Crippen molar-refractivity contribution < 1.29 is 4.42 Å². The van der Waals surface area contributed by atoms with Crippen LogP contribution in [0.5, 0.6) is 0 Å². The molecule has 0 bridgehead atoms. The van der Waals surface area contributed by atoms with Gasteiger partial charge in [0.1, 0.15) is 11.2 Å². The first kappa shape index (κ1) is 31.1. The molecule has 252 valence electrons. The van der Waals surface area contributed by atoms with Crippen LogP contribution in [-0.4, -0.2) is 0 Å². The summed E-state index contributed by atoms with van der Waals surface area (Å²) in [6.45, 7) is 4.73. The average Bonchev–Trinajstić information content (AvgIpc) is 3.71. The molecule has 1 aromatic heterocycles. The van der Waals surface area contributed by atoms with Gasteiger partial charge in [-0.2, -0.15) is 0 Å². The third-order valence-corrected chi connectivity index (χ3v) is 11.1. The van der Waals surface area contributed by atoms with Gasteiger partial charge in [0.2, 0.25) is 0 Å². The lowest BCUT2D eigenvalue weighted by atomic mass is 9.81. The van der Waals surface area contributed by atoms with Crippen LogP contribution in [0, 0.1) is 0 Å². The normalized spacial score (nSPS) is 12.9. The number of anilines is 3. The number of furan rings is 1. The molecule has 9 aromatic rings. The van der Waals surface area contributed by atoms with Crippen molar-refractivity contribution in [2.45, 2.75) is 19.3 Å². The highest BCUT2D eigenvalue weighted by atomic mass is 16.3. The van der Waals surface area contributed by atoms with Crippen molar-refractivity contribution in [1.29, 1.82) is 0 Å². The lowest BCUT2D eigenvalue weighted by Gasteiger charge is -2.29. The minimum absolute atomic E-state index is 0.189. The highest BCUT2D eigenvalue weighted by Crippen LogP contribution is 2.55. The van der Waals surface area contributed by atoms with Crippen LogP contribution >= 0.6 is 0 Å². The zero-order valence-electron chi connectivity index (χ0n) is 29.8. The summed E-state index contributed by atoms with van der Waals surface area (Å²) in [5, 5.41) is 2.20. The van der Waals surface area contributed by atoms with Gasteiger partial charge in [-0.3, -0.25) is 0 Å². The van der Waals surface area contributed by atoms with E-state index >= 15 is 0 Å². The van der Waals surface area contributed by atoms with Crippen molar-refractivity contribution in [3.63, 3.8) is 0 Å². The Morgan fingerprint density at radius 1 is 0.415 bits per heavy atom. The second-order valence-electron chi connectivity index (χ2n) is 14.5. The van der Waals surface area contributed by atoms with Gasteiger partial charge >= 0.3 is 0 Å². The number of fused-ring (bicyclic) bond motifs is 6. The van der Waals surface area contributed by atoms with E-state index in [2.05, 4.69) is 207 Å². The first-order valence-electron chi connectivity index (χ1n) is 18.3. The molecule has 0 saturated carbocycles. The fourth-order valence-corrected chi connectivity index (χ4v) is 8.44. The molecule has 0 unspecified atom stereocenters. The largest absolute Gasteiger partial charge is 0.456 e. The van der Waals surface area contributed by atoms with E-state index in [4.69, 9.17) is 4.42 Å². The number of rotatable bonds is 6. The van der Waals surface area contributed by atoms with Crippen LogP contribution in [0.3, 0.4) is 0 Å². The fourth-order valence-electron chi connectivity index (χ4n) is 8.44. The third kappa shape index (κ3) is 5.10. The van der Waals surface area contributed by atoms with Crippen molar-refractivity contribution in [2.75, 3.05) is 4.90 Å². The third-order valence-electron chi connectivity index (χ3n) is 11.1. The van der Waals surface area contributed by atoms with Gasteiger partial charge in [0, 0.05) is 22.2 Å². The number of para-hydroxylation sites is 1. The Bertz CT molecular complexity index is 2780. The van der Waals surface area contributed by atoms with Gasteiger partial charge in [-0.05, 0) is 104 Å². The van der Waals surface area contributed by atoms with Crippen LogP contribution in [0.2, 0.25) is 0 Å². The Balaban J connectivity index is 1.21. The van der Waals surface area contributed by atoms with E-state index in [1.165, 1.54) is 50.1 Å². The average molecular weight is 680 g/mol. The van der Waals surface area contributed by atoms with Gasteiger partial charge in [-0.15, -0.1) is 0 Å². The van der Waals surface area contributed by atoms with Crippen LogP contribution in [0.25, 0.3) is 66.4 Å². The molecule has 2 nitrogen and oxygen atoms in total. The lowest BCUT2D eigenvalue weighted by Crippen LogP contribution is -2.17. The first-order chi connectivity index (χ1) is 26.0. The molecule has 0 spiro atoms. The monoisotopic (exact) mass is 679 g/mol. The summed E-state index contributed by atoms with van der Waals surface area (Å²) < 4.78 is 6.64. The molecule has 10 rings (SSSR count). The van der Waals surface area contributed by atoms with Crippen LogP contribution in [-0.2, 0) is 5.41 Å². The van der Waals surface area contributed by atoms with Gasteiger partial charge in [0.15, 0.2) is 0 Å². The standard InChI is InChI=1S/C51H37NO/c1-51(2)44-22-13-12-21-41(44)49-43(37-27-25-36(26-28-37)34-15-6-3-7-16-34)32-40(33-45(49)51)52(39-19-10-5-11-20-39)46-23-14-24-47-50(46)42-30-29-38(31-48(42)53-47)35-17-8-4-9-18-35/h3-33H,1-2H3. The Morgan fingerprint density at radius 3 is 1.75 bits per heavy atom. The van der Waals surface area contributed by atoms with Crippen molar-refractivity contribution >= 4 is 39.0 Å². The summed E-state index contributed by atoms with van der Waals surface area (Å²) in [5.74, 6) is 0. The molecule has 53 heavy (non-hydrogen) atoms. The van der Waals surface area contributed by atoms with Crippen LogP contribution in [0.1, 0.15) is 25.0 Å². The van der Waals surface area contributed by atoms with E-state index in [0.29, 0.717) is 0 Å². The van der Waals surface area contributed by atoms with Crippen molar-refractivity contribution in [3.8, 4) is 44.5 Å². The quantitative estimate of drug-likeness (QED) is 0.174. The predicted molar refractivity (Wildman–Crippen MR) is 222 cm³/mol. The molecule has 1 aliphatic rings. The molecule has 0 N–H and O–H groups in total. The first-order valence-corrected chi connectivity index (χ1v) is 18.3. The zero-order chi connectivity index (χ0) is 35.5. The van der Waals surface area contributed by atoms with Crippen LogP contribution in [0.4, 0.5) is 17.1 Å². The summed E-state index contributed by atoms with van der Waals surface area (Å²) >= 11 is 0. The zero-order valence-corrected chi connectivity index (χ0v) is 29.8. The van der Waals surface area contributed by atoms with E-state index in [1.807, 2.05) is 0 Å². The minimum atomic E-state index is -0.189. The molecule has 1 heterocycles. The van der Waals surface area contributed by atoms with E-state index < -0.39 is 0 Å². The number of hydrogen-bond donors (Lipinski definition) is 0. The molecular formula is C51H37NO. The summed E-state index contributed by atoms with van der Waals surface area (Å²) in [5.41, 5.74) is 17.3.